The van der Waals surface area contributed by atoms with Gasteiger partial charge in [-0.2, -0.15) is 5.10 Å². The lowest BCUT2D eigenvalue weighted by Crippen LogP contribution is -2.28. The Labute approximate surface area is 110 Å². The molecule has 0 atom stereocenters. The van der Waals surface area contributed by atoms with Crippen LogP contribution in [0.1, 0.15) is 43.9 Å². The van der Waals surface area contributed by atoms with Crippen LogP contribution in [0.3, 0.4) is 0 Å². The van der Waals surface area contributed by atoms with Gasteiger partial charge in [-0.3, -0.25) is 4.68 Å². The van der Waals surface area contributed by atoms with Gasteiger partial charge in [-0.15, -0.1) is 0 Å². The minimum absolute atomic E-state index is 0.933. The summed E-state index contributed by atoms with van der Waals surface area (Å²) in [6, 6.07) is 0. The molecule has 1 aliphatic heterocycles. The highest BCUT2D eigenvalue weighted by Gasteiger charge is 2.19. The smallest absolute Gasteiger partial charge is 0.131 e. The third-order valence-electron chi connectivity index (χ3n) is 3.77. The molecular weight excluding hydrogens is 224 g/mol. The van der Waals surface area contributed by atoms with E-state index in [1.807, 2.05) is 0 Å². The van der Waals surface area contributed by atoms with Crippen molar-refractivity contribution >= 4 is 5.82 Å². The molecule has 1 aromatic rings. The number of nitrogens with one attached hydrogen (secondary N) is 1. The van der Waals surface area contributed by atoms with Gasteiger partial charge < -0.3 is 10.2 Å². The second-order valence-electron chi connectivity index (χ2n) is 5.19. The Morgan fingerprint density at radius 1 is 1.17 bits per heavy atom. The van der Waals surface area contributed by atoms with E-state index >= 15 is 0 Å². The van der Waals surface area contributed by atoms with Crippen LogP contribution in [0.2, 0.25) is 0 Å². The molecule has 0 amide bonds. The van der Waals surface area contributed by atoms with Crippen molar-refractivity contribution in [2.24, 2.45) is 7.05 Å². The summed E-state index contributed by atoms with van der Waals surface area (Å²) >= 11 is 0. The molecule has 4 heteroatoms. The number of hydrogen-bond donors (Lipinski definition) is 1. The molecule has 2 rings (SSSR count). The summed E-state index contributed by atoms with van der Waals surface area (Å²) in [7, 11) is 2.07. The molecule has 4 nitrogen and oxygen atoms in total. The van der Waals surface area contributed by atoms with Crippen LogP contribution in [-0.2, 0) is 13.6 Å². The predicted molar refractivity (Wildman–Crippen MR) is 76.0 cm³/mol. The molecule has 0 radical (unpaired) electrons. The van der Waals surface area contributed by atoms with E-state index in [2.05, 4.69) is 40.9 Å². The van der Waals surface area contributed by atoms with E-state index < -0.39 is 0 Å². The van der Waals surface area contributed by atoms with Crippen LogP contribution in [0.5, 0.6) is 0 Å². The summed E-state index contributed by atoms with van der Waals surface area (Å²) in [6.07, 6.45) is 5.36. The van der Waals surface area contributed by atoms with Gasteiger partial charge in [0.2, 0.25) is 0 Å². The Bertz CT molecular complexity index is 375. The van der Waals surface area contributed by atoms with Crippen LogP contribution >= 0.6 is 0 Å². The number of aromatic nitrogens is 2. The molecule has 0 spiro atoms. The van der Waals surface area contributed by atoms with E-state index in [-0.39, 0.29) is 0 Å². The van der Waals surface area contributed by atoms with Gasteiger partial charge in [0.1, 0.15) is 5.82 Å². The highest BCUT2D eigenvalue weighted by molar-refractivity contribution is 5.50. The maximum atomic E-state index is 4.60. The van der Waals surface area contributed by atoms with Gasteiger partial charge in [0, 0.05) is 32.2 Å². The van der Waals surface area contributed by atoms with Crippen molar-refractivity contribution in [2.45, 2.75) is 46.1 Å². The maximum absolute atomic E-state index is 4.60. The minimum atomic E-state index is 0.933. The lowest BCUT2D eigenvalue weighted by Gasteiger charge is -2.24. The van der Waals surface area contributed by atoms with Gasteiger partial charge in [-0.1, -0.05) is 19.8 Å². The molecule has 0 bridgehead atoms. The molecule has 0 unspecified atom stereocenters. The van der Waals surface area contributed by atoms with Crippen molar-refractivity contribution in [3.8, 4) is 0 Å². The molecule has 18 heavy (non-hydrogen) atoms. The van der Waals surface area contributed by atoms with Crippen LogP contribution in [0.25, 0.3) is 0 Å². The van der Waals surface area contributed by atoms with Gasteiger partial charge in [0.25, 0.3) is 0 Å². The van der Waals surface area contributed by atoms with Crippen molar-refractivity contribution < 1.29 is 0 Å². The van der Waals surface area contributed by atoms with Gasteiger partial charge >= 0.3 is 0 Å². The Balaban J connectivity index is 2.23. The second-order valence-corrected chi connectivity index (χ2v) is 5.19. The molecule has 1 aromatic heterocycles. The summed E-state index contributed by atoms with van der Waals surface area (Å²) in [4.78, 5) is 2.53. The fourth-order valence-electron chi connectivity index (χ4n) is 2.82. The first-order valence-electron chi connectivity index (χ1n) is 7.22. The summed E-state index contributed by atoms with van der Waals surface area (Å²) in [5, 5.41) is 8.04. The topological polar surface area (TPSA) is 33.1 Å². The summed E-state index contributed by atoms with van der Waals surface area (Å²) < 4.78 is 2.06. The number of rotatable bonds is 4. The zero-order valence-corrected chi connectivity index (χ0v) is 12.0. The van der Waals surface area contributed by atoms with Gasteiger partial charge in [0.15, 0.2) is 0 Å². The van der Waals surface area contributed by atoms with Crippen LogP contribution in [0, 0.1) is 6.92 Å². The Morgan fingerprint density at radius 3 is 2.44 bits per heavy atom. The van der Waals surface area contributed by atoms with E-state index in [0.29, 0.717) is 0 Å². The number of nitrogens with zero attached hydrogens (tertiary/aromatic N) is 3. The fourth-order valence-corrected chi connectivity index (χ4v) is 2.82. The van der Waals surface area contributed by atoms with Crippen molar-refractivity contribution in [2.75, 3.05) is 24.5 Å². The molecule has 2 heterocycles. The van der Waals surface area contributed by atoms with E-state index in [9.17, 15) is 0 Å². The van der Waals surface area contributed by atoms with Gasteiger partial charge in [0.05, 0.1) is 5.69 Å². The fraction of sp³-hybridized carbons (Fsp3) is 0.786. The Morgan fingerprint density at radius 2 is 1.83 bits per heavy atom. The summed E-state index contributed by atoms with van der Waals surface area (Å²) in [5.41, 5.74) is 2.54. The molecule has 102 valence electrons. The van der Waals surface area contributed by atoms with Crippen LogP contribution in [0.4, 0.5) is 5.82 Å². The molecule has 1 N–H and O–H groups in total. The first-order chi connectivity index (χ1) is 8.74. The molecule has 1 aliphatic rings. The van der Waals surface area contributed by atoms with Crippen molar-refractivity contribution in [1.82, 2.24) is 15.1 Å². The highest BCUT2D eigenvalue weighted by atomic mass is 15.4. The Hall–Kier alpha value is -1.03. The van der Waals surface area contributed by atoms with Crippen molar-refractivity contribution in [1.29, 1.82) is 0 Å². The first kappa shape index (κ1) is 13.4. The second kappa shape index (κ2) is 6.23. The van der Waals surface area contributed by atoms with Crippen LogP contribution in [-0.4, -0.2) is 29.4 Å². The lowest BCUT2D eigenvalue weighted by molar-refractivity contribution is 0.685. The minimum Gasteiger partial charge on any atom is -0.357 e. The zero-order chi connectivity index (χ0) is 13.0. The largest absolute Gasteiger partial charge is 0.357 e. The molecule has 0 aliphatic carbocycles. The quantitative estimate of drug-likeness (QED) is 0.889. The predicted octanol–water partition coefficient (Wildman–Crippen LogP) is 2.22. The summed E-state index contributed by atoms with van der Waals surface area (Å²) in [5.74, 6) is 1.33. The van der Waals surface area contributed by atoms with Crippen LogP contribution < -0.4 is 10.2 Å². The lowest BCUT2D eigenvalue weighted by atomic mass is 10.2. The third-order valence-corrected chi connectivity index (χ3v) is 3.77. The van der Waals surface area contributed by atoms with E-state index in [1.54, 1.807) is 0 Å². The summed E-state index contributed by atoms with van der Waals surface area (Å²) in [6.45, 7) is 8.57. The average Bonchev–Trinajstić information content (AvgIpc) is 2.57. The average molecular weight is 250 g/mol. The van der Waals surface area contributed by atoms with E-state index in [4.69, 9.17) is 0 Å². The normalized spacial score (nSPS) is 16.9. The maximum Gasteiger partial charge on any atom is 0.131 e. The number of anilines is 1. The van der Waals surface area contributed by atoms with Crippen LogP contribution in [0.15, 0.2) is 0 Å². The van der Waals surface area contributed by atoms with Gasteiger partial charge in [-0.05, 0) is 26.3 Å². The zero-order valence-electron chi connectivity index (χ0n) is 12.0. The van der Waals surface area contributed by atoms with Crippen molar-refractivity contribution in [3.05, 3.63) is 11.3 Å². The molecule has 1 fully saturated rings. The van der Waals surface area contributed by atoms with E-state index in [1.165, 1.54) is 50.2 Å². The highest BCUT2D eigenvalue weighted by Crippen LogP contribution is 2.25. The first-order valence-corrected chi connectivity index (χ1v) is 7.22. The Kier molecular flexibility index (Phi) is 4.64. The molecule has 0 saturated carbocycles. The van der Waals surface area contributed by atoms with Gasteiger partial charge in [-0.25, -0.2) is 0 Å². The number of hydrogen-bond acceptors (Lipinski definition) is 3. The van der Waals surface area contributed by atoms with Crippen molar-refractivity contribution in [3.63, 3.8) is 0 Å². The number of aryl methyl sites for hydroxylation is 2. The van der Waals surface area contributed by atoms with E-state index in [0.717, 1.165) is 18.8 Å². The molecule has 1 saturated heterocycles. The monoisotopic (exact) mass is 250 g/mol. The standard InChI is InChI=1S/C14H26N4/c1-4-15-11-13-12(2)16-17(3)14(13)18-9-7-5-6-8-10-18/h15H,4-11H2,1-3H3. The third kappa shape index (κ3) is 2.86. The SMILES string of the molecule is CCNCc1c(C)nn(C)c1N1CCCCCC1. The molecule has 0 aromatic carbocycles. The molecular formula is C14H26N4.